The first kappa shape index (κ1) is 11.8. The fourth-order valence-corrected chi connectivity index (χ4v) is 1.64. The second-order valence-electron chi connectivity index (χ2n) is 3.90. The summed E-state index contributed by atoms with van der Waals surface area (Å²) in [7, 11) is 0. The molecule has 1 saturated carbocycles. The second-order valence-corrected chi connectivity index (χ2v) is 4.75. The van der Waals surface area contributed by atoms with Gasteiger partial charge in [-0.25, -0.2) is 0 Å². The monoisotopic (exact) mass is 294 g/mol. The molecule has 0 aromatic heterocycles. The van der Waals surface area contributed by atoms with Gasteiger partial charge < -0.3 is 4.74 Å². The lowest BCUT2D eigenvalue weighted by molar-refractivity contribution is -0.137. The molecule has 0 aliphatic heterocycles. The van der Waals surface area contributed by atoms with Crippen molar-refractivity contribution in [1.29, 1.82) is 0 Å². The SMILES string of the molecule is FC(F)(F)c1ccc(Br)c(OCC2CC2)c1. The molecule has 16 heavy (non-hydrogen) atoms. The zero-order chi connectivity index (χ0) is 11.8. The number of ether oxygens (including phenoxy) is 1. The number of alkyl halides is 3. The maximum absolute atomic E-state index is 12.4. The van der Waals surface area contributed by atoms with E-state index in [9.17, 15) is 13.2 Å². The van der Waals surface area contributed by atoms with Crippen molar-refractivity contribution < 1.29 is 17.9 Å². The van der Waals surface area contributed by atoms with Gasteiger partial charge in [0.1, 0.15) is 5.75 Å². The van der Waals surface area contributed by atoms with Crippen molar-refractivity contribution in [2.24, 2.45) is 5.92 Å². The first-order chi connectivity index (χ1) is 7.47. The molecule has 0 unspecified atom stereocenters. The highest BCUT2D eigenvalue weighted by molar-refractivity contribution is 9.10. The van der Waals surface area contributed by atoms with Crippen LogP contribution in [0.15, 0.2) is 22.7 Å². The summed E-state index contributed by atoms with van der Waals surface area (Å²) in [6.07, 6.45) is -2.11. The topological polar surface area (TPSA) is 9.23 Å². The molecule has 2 rings (SSSR count). The Labute approximate surface area is 99.7 Å². The van der Waals surface area contributed by atoms with Crippen molar-refractivity contribution in [1.82, 2.24) is 0 Å². The highest BCUT2D eigenvalue weighted by atomic mass is 79.9. The molecule has 0 bridgehead atoms. The third-order valence-corrected chi connectivity index (χ3v) is 3.09. The molecular weight excluding hydrogens is 285 g/mol. The van der Waals surface area contributed by atoms with Gasteiger partial charge in [-0.1, -0.05) is 0 Å². The van der Waals surface area contributed by atoms with Crippen molar-refractivity contribution in [3.8, 4) is 5.75 Å². The fraction of sp³-hybridized carbons (Fsp3) is 0.455. The van der Waals surface area contributed by atoms with Crippen LogP contribution in [0.3, 0.4) is 0 Å². The van der Waals surface area contributed by atoms with Crippen LogP contribution in [0.2, 0.25) is 0 Å². The average Bonchev–Trinajstić information content (AvgIpc) is 2.98. The van der Waals surface area contributed by atoms with Gasteiger partial charge in [-0.3, -0.25) is 0 Å². The largest absolute Gasteiger partial charge is 0.492 e. The maximum atomic E-state index is 12.4. The lowest BCUT2D eigenvalue weighted by atomic mass is 10.2. The Morgan fingerprint density at radius 2 is 2.00 bits per heavy atom. The quantitative estimate of drug-likeness (QED) is 0.809. The van der Waals surface area contributed by atoms with Crippen molar-refractivity contribution in [3.05, 3.63) is 28.2 Å². The molecule has 0 amide bonds. The zero-order valence-corrected chi connectivity index (χ0v) is 9.94. The lowest BCUT2D eigenvalue weighted by Gasteiger charge is -2.11. The maximum Gasteiger partial charge on any atom is 0.416 e. The van der Waals surface area contributed by atoms with Gasteiger partial charge in [-0.15, -0.1) is 0 Å². The highest BCUT2D eigenvalue weighted by Crippen LogP contribution is 2.36. The summed E-state index contributed by atoms with van der Waals surface area (Å²) in [6.45, 7) is 0.500. The van der Waals surface area contributed by atoms with Gasteiger partial charge in [-0.05, 0) is 52.9 Å². The van der Waals surface area contributed by atoms with Crippen LogP contribution in [-0.2, 0) is 6.18 Å². The van der Waals surface area contributed by atoms with Gasteiger partial charge in [-0.2, -0.15) is 13.2 Å². The third-order valence-electron chi connectivity index (χ3n) is 2.43. The molecule has 88 valence electrons. The summed E-state index contributed by atoms with van der Waals surface area (Å²) in [5, 5.41) is 0. The van der Waals surface area contributed by atoms with Gasteiger partial charge in [0.25, 0.3) is 0 Å². The van der Waals surface area contributed by atoms with Gasteiger partial charge in [0, 0.05) is 0 Å². The summed E-state index contributed by atoms with van der Waals surface area (Å²) >= 11 is 3.18. The molecule has 0 radical (unpaired) electrons. The van der Waals surface area contributed by atoms with E-state index >= 15 is 0 Å². The number of hydrogen-bond acceptors (Lipinski definition) is 1. The molecule has 0 heterocycles. The van der Waals surface area contributed by atoms with Gasteiger partial charge in [0.2, 0.25) is 0 Å². The van der Waals surface area contributed by atoms with E-state index in [2.05, 4.69) is 15.9 Å². The molecule has 1 aromatic rings. The van der Waals surface area contributed by atoms with Crippen LogP contribution in [0.4, 0.5) is 13.2 Å². The van der Waals surface area contributed by atoms with Gasteiger partial charge in [0.05, 0.1) is 16.6 Å². The number of benzene rings is 1. The minimum absolute atomic E-state index is 0.265. The minimum Gasteiger partial charge on any atom is -0.492 e. The molecule has 1 aliphatic carbocycles. The molecule has 5 heteroatoms. The van der Waals surface area contributed by atoms with E-state index in [0.29, 0.717) is 17.0 Å². The summed E-state index contributed by atoms with van der Waals surface area (Å²) in [4.78, 5) is 0. The van der Waals surface area contributed by atoms with Gasteiger partial charge >= 0.3 is 6.18 Å². The predicted octanol–water partition coefficient (Wildman–Crippen LogP) is 4.26. The summed E-state index contributed by atoms with van der Waals surface area (Å²) in [5.41, 5.74) is -0.679. The third kappa shape index (κ3) is 2.90. The number of rotatable bonds is 3. The van der Waals surface area contributed by atoms with E-state index in [4.69, 9.17) is 4.74 Å². The standard InChI is InChI=1S/C11H10BrF3O/c12-9-4-3-8(11(13,14)15)5-10(9)16-6-7-1-2-7/h3-5,7H,1-2,6H2. The van der Waals surface area contributed by atoms with Crippen LogP contribution in [0.25, 0.3) is 0 Å². The zero-order valence-electron chi connectivity index (χ0n) is 8.35. The molecule has 1 nitrogen and oxygen atoms in total. The van der Waals surface area contributed by atoms with Crippen molar-refractivity contribution in [3.63, 3.8) is 0 Å². The smallest absolute Gasteiger partial charge is 0.416 e. The minimum atomic E-state index is -4.32. The van der Waals surface area contributed by atoms with Crippen LogP contribution in [0, 0.1) is 5.92 Å². The van der Waals surface area contributed by atoms with E-state index < -0.39 is 11.7 Å². The van der Waals surface area contributed by atoms with Crippen LogP contribution in [-0.4, -0.2) is 6.61 Å². The Balaban J connectivity index is 2.14. The predicted molar refractivity (Wildman–Crippen MR) is 57.4 cm³/mol. The Morgan fingerprint density at radius 1 is 1.31 bits per heavy atom. The normalized spacial score (nSPS) is 16.2. The second kappa shape index (κ2) is 4.28. The molecule has 1 fully saturated rings. The number of hydrogen-bond donors (Lipinski definition) is 0. The molecular formula is C11H10BrF3O. The average molecular weight is 295 g/mol. The fourth-order valence-electron chi connectivity index (χ4n) is 1.28. The lowest BCUT2D eigenvalue weighted by Crippen LogP contribution is -2.06. The molecule has 0 atom stereocenters. The summed E-state index contributed by atoms with van der Waals surface area (Å²) in [6, 6.07) is 3.44. The molecule has 1 aromatic carbocycles. The van der Waals surface area contributed by atoms with E-state index in [-0.39, 0.29) is 5.75 Å². The molecule has 1 aliphatic rings. The highest BCUT2D eigenvalue weighted by Gasteiger charge is 2.31. The first-order valence-electron chi connectivity index (χ1n) is 4.96. The van der Waals surface area contributed by atoms with Crippen LogP contribution in [0.5, 0.6) is 5.75 Å². The summed E-state index contributed by atoms with van der Waals surface area (Å²) in [5.74, 6) is 0.781. The van der Waals surface area contributed by atoms with Gasteiger partial charge in [0.15, 0.2) is 0 Å². The molecule has 0 N–H and O–H groups in total. The Kier molecular flexibility index (Phi) is 3.15. The van der Waals surface area contributed by atoms with E-state index in [0.717, 1.165) is 25.0 Å². The Bertz CT molecular complexity index is 385. The molecule has 0 saturated heterocycles. The first-order valence-corrected chi connectivity index (χ1v) is 5.75. The van der Waals surface area contributed by atoms with E-state index in [1.54, 1.807) is 0 Å². The van der Waals surface area contributed by atoms with E-state index in [1.807, 2.05) is 0 Å². The van der Waals surface area contributed by atoms with E-state index in [1.165, 1.54) is 6.07 Å². The van der Waals surface area contributed by atoms with Crippen molar-refractivity contribution >= 4 is 15.9 Å². The van der Waals surface area contributed by atoms with Crippen LogP contribution < -0.4 is 4.74 Å². The van der Waals surface area contributed by atoms with Crippen molar-refractivity contribution in [2.45, 2.75) is 19.0 Å². The Hall–Kier alpha value is -0.710. The van der Waals surface area contributed by atoms with Crippen LogP contribution >= 0.6 is 15.9 Å². The Morgan fingerprint density at radius 3 is 2.56 bits per heavy atom. The molecule has 0 spiro atoms. The number of halogens is 4. The van der Waals surface area contributed by atoms with Crippen molar-refractivity contribution in [2.75, 3.05) is 6.61 Å². The summed E-state index contributed by atoms with van der Waals surface area (Å²) < 4.78 is 43.2. The van der Waals surface area contributed by atoms with Crippen LogP contribution in [0.1, 0.15) is 18.4 Å².